The number of rotatable bonds is 7. The maximum Gasteiger partial charge on any atom is 0.345 e. The van der Waals surface area contributed by atoms with Crippen LogP contribution >= 0.6 is 11.3 Å². The number of aryl methyl sites for hydroxylation is 2. The molecule has 1 aliphatic heterocycles. The smallest absolute Gasteiger partial charge is 0.345 e. The molecule has 2 aromatic carbocycles. The van der Waals surface area contributed by atoms with Crippen molar-refractivity contribution in [1.29, 1.82) is 0 Å². The molecule has 10 nitrogen and oxygen atoms in total. The molecule has 0 spiro atoms. The number of fused-ring (bicyclic) bond motifs is 2. The van der Waals surface area contributed by atoms with Gasteiger partial charge < -0.3 is 14.2 Å². The number of hydrogen-bond acceptors (Lipinski definition) is 9. The van der Waals surface area contributed by atoms with Gasteiger partial charge in [0, 0.05) is 10.9 Å². The highest BCUT2D eigenvalue weighted by Gasteiger charge is 2.30. The van der Waals surface area contributed by atoms with Crippen LogP contribution in [0.2, 0.25) is 0 Å². The number of nitro groups is 1. The average Bonchev–Trinajstić information content (AvgIpc) is 3.51. The monoisotopic (exact) mass is 495 g/mol. The van der Waals surface area contributed by atoms with Crippen molar-refractivity contribution in [3.63, 3.8) is 0 Å². The highest BCUT2D eigenvalue weighted by Crippen LogP contribution is 2.38. The molecular weight excluding hydrogens is 474 g/mol. The number of esters is 1. The highest BCUT2D eigenvalue weighted by molar-refractivity contribution is 7.15. The molecule has 2 aliphatic rings. The summed E-state index contributed by atoms with van der Waals surface area (Å²) in [5, 5.41) is 12.0. The van der Waals surface area contributed by atoms with Crippen LogP contribution in [0, 0.1) is 10.1 Å². The molecule has 0 bridgehead atoms. The Bertz CT molecular complexity index is 1270. The second-order valence-electron chi connectivity index (χ2n) is 8.09. The standard InChI is InChI=1S/C24H21N3O7S/c28-22(13-32-23(29)16-10-19-20(34-14-33-19)11-18(16)27(30)31)26(12-15-6-2-1-3-7-15)24-25-17-8-4-5-9-21(17)35-24/h1-3,6-7,10-11H,4-5,8-9,12-14H2. The summed E-state index contributed by atoms with van der Waals surface area (Å²) in [6.45, 7) is -0.439. The van der Waals surface area contributed by atoms with E-state index in [1.165, 1.54) is 27.2 Å². The lowest BCUT2D eigenvalue weighted by Gasteiger charge is -2.20. The summed E-state index contributed by atoms with van der Waals surface area (Å²) in [5.41, 5.74) is 1.11. The number of amides is 1. The van der Waals surface area contributed by atoms with Crippen LogP contribution in [-0.2, 0) is 28.9 Å². The summed E-state index contributed by atoms with van der Waals surface area (Å²) in [5.74, 6) is -1.10. The van der Waals surface area contributed by atoms with Gasteiger partial charge in [0.15, 0.2) is 23.2 Å². The Hall–Kier alpha value is -3.99. The summed E-state index contributed by atoms with van der Waals surface area (Å²) >= 11 is 1.48. The number of thiazole rings is 1. The molecule has 0 saturated carbocycles. The average molecular weight is 496 g/mol. The Morgan fingerprint density at radius 3 is 2.60 bits per heavy atom. The summed E-state index contributed by atoms with van der Waals surface area (Å²) in [7, 11) is 0. The third-order valence-electron chi connectivity index (χ3n) is 5.78. The first-order valence-electron chi connectivity index (χ1n) is 11.1. The zero-order valence-electron chi connectivity index (χ0n) is 18.6. The fraction of sp³-hybridized carbons (Fsp3) is 0.292. The Labute approximate surface area is 204 Å². The number of nitro benzene ring substituents is 1. The molecule has 1 aromatic heterocycles. The van der Waals surface area contributed by atoms with Gasteiger partial charge in [-0.2, -0.15) is 0 Å². The molecule has 5 rings (SSSR count). The number of nitrogens with zero attached hydrogens (tertiary/aromatic N) is 3. The van der Waals surface area contributed by atoms with Crippen LogP contribution in [0.25, 0.3) is 0 Å². The predicted octanol–water partition coefficient (Wildman–Crippen LogP) is 4.05. The summed E-state index contributed by atoms with van der Waals surface area (Å²) in [6, 6.07) is 11.8. The van der Waals surface area contributed by atoms with Gasteiger partial charge in [0.2, 0.25) is 6.79 Å². The van der Waals surface area contributed by atoms with Gasteiger partial charge in [-0.25, -0.2) is 9.78 Å². The van der Waals surface area contributed by atoms with Crippen LogP contribution in [0.5, 0.6) is 11.5 Å². The third kappa shape index (κ3) is 4.80. The largest absolute Gasteiger partial charge is 0.454 e. The normalized spacial score (nSPS) is 13.7. The van der Waals surface area contributed by atoms with Gasteiger partial charge in [-0.15, -0.1) is 11.3 Å². The van der Waals surface area contributed by atoms with Crippen LogP contribution in [0.3, 0.4) is 0 Å². The molecular formula is C24H21N3O7S. The molecule has 0 saturated heterocycles. The molecule has 0 radical (unpaired) electrons. The maximum absolute atomic E-state index is 13.2. The van der Waals surface area contributed by atoms with Crippen LogP contribution in [-0.4, -0.2) is 35.2 Å². The van der Waals surface area contributed by atoms with E-state index in [0.29, 0.717) is 5.13 Å². The van der Waals surface area contributed by atoms with E-state index in [1.54, 1.807) is 0 Å². The quantitative estimate of drug-likeness (QED) is 0.273. The van der Waals surface area contributed by atoms with Crippen LogP contribution in [0.1, 0.15) is 39.3 Å². The molecule has 0 atom stereocenters. The van der Waals surface area contributed by atoms with Gasteiger partial charge in [-0.05, 0) is 31.2 Å². The van der Waals surface area contributed by atoms with Crippen molar-refractivity contribution in [3.8, 4) is 11.5 Å². The van der Waals surface area contributed by atoms with Crippen LogP contribution in [0.15, 0.2) is 42.5 Å². The minimum absolute atomic E-state index is 0.101. The topological polar surface area (TPSA) is 121 Å². The molecule has 0 N–H and O–H groups in total. The van der Waals surface area contributed by atoms with Crippen molar-refractivity contribution in [2.45, 2.75) is 32.2 Å². The SMILES string of the molecule is O=C(OCC(=O)N(Cc1ccccc1)c1nc2c(s1)CCCC2)c1cc2c(cc1[N+](=O)[O-])OCO2. The molecule has 0 fully saturated rings. The van der Waals surface area contributed by atoms with Gasteiger partial charge in [-0.1, -0.05) is 30.3 Å². The van der Waals surface area contributed by atoms with Crippen molar-refractivity contribution in [2.75, 3.05) is 18.3 Å². The number of anilines is 1. The predicted molar refractivity (Wildman–Crippen MR) is 126 cm³/mol. The highest BCUT2D eigenvalue weighted by atomic mass is 32.1. The lowest BCUT2D eigenvalue weighted by atomic mass is 10.0. The Morgan fingerprint density at radius 1 is 1.11 bits per heavy atom. The van der Waals surface area contributed by atoms with E-state index < -0.39 is 29.1 Å². The third-order valence-corrected chi connectivity index (χ3v) is 6.96. The fourth-order valence-electron chi connectivity index (χ4n) is 4.01. The summed E-state index contributed by atoms with van der Waals surface area (Å²) in [4.78, 5) is 44.1. The van der Waals surface area contributed by atoms with Crippen molar-refractivity contribution in [2.24, 2.45) is 0 Å². The fourth-order valence-corrected chi connectivity index (χ4v) is 5.18. The van der Waals surface area contributed by atoms with E-state index in [2.05, 4.69) is 0 Å². The second kappa shape index (κ2) is 9.71. The Balaban J connectivity index is 1.36. The molecule has 2 heterocycles. The van der Waals surface area contributed by atoms with Crippen molar-refractivity contribution < 1.29 is 28.7 Å². The molecule has 180 valence electrons. The lowest BCUT2D eigenvalue weighted by molar-refractivity contribution is -0.385. The van der Waals surface area contributed by atoms with Crippen molar-refractivity contribution in [3.05, 3.63) is 74.3 Å². The maximum atomic E-state index is 13.2. The molecule has 1 aliphatic carbocycles. The number of ether oxygens (including phenoxy) is 3. The van der Waals surface area contributed by atoms with Gasteiger partial charge in [0.05, 0.1) is 23.2 Å². The van der Waals surface area contributed by atoms with Gasteiger partial charge >= 0.3 is 5.97 Å². The first-order valence-corrected chi connectivity index (χ1v) is 11.9. The van der Waals surface area contributed by atoms with E-state index in [4.69, 9.17) is 19.2 Å². The second-order valence-corrected chi connectivity index (χ2v) is 9.16. The molecule has 1 amide bonds. The van der Waals surface area contributed by atoms with Gasteiger partial charge in [-0.3, -0.25) is 19.8 Å². The molecule has 35 heavy (non-hydrogen) atoms. The minimum Gasteiger partial charge on any atom is -0.454 e. The number of benzene rings is 2. The van der Waals surface area contributed by atoms with E-state index in [0.717, 1.165) is 43.0 Å². The molecule has 3 aromatic rings. The van der Waals surface area contributed by atoms with Gasteiger partial charge in [0.25, 0.3) is 11.6 Å². The molecule has 11 heteroatoms. The van der Waals surface area contributed by atoms with Gasteiger partial charge in [0.1, 0.15) is 5.56 Å². The van der Waals surface area contributed by atoms with E-state index in [1.807, 2.05) is 30.3 Å². The minimum atomic E-state index is -0.999. The summed E-state index contributed by atoms with van der Waals surface area (Å²) < 4.78 is 15.6. The Morgan fingerprint density at radius 2 is 1.86 bits per heavy atom. The summed E-state index contributed by atoms with van der Waals surface area (Å²) in [6.07, 6.45) is 3.97. The lowest BCUT2D eigenvalue weighted by Crippen LogP contribution is -2.34. The first-order chi connectivity index (χ1) is 17.0. The van der Waals surface area contributed by atoms with E-state index >= 15 is 0 Å². The Kier molecular flexibility index (Phi) is 6.32. The number of carbonyl (C=O) groups excluding carboxylic acids is 2. The first kappa shape index (κ1) is 22.8. The van der Waals surface area contributed by atoms with Crippen molar-refractivity contribution >= 4 is 34.0 Å². The zero-order valence-corrected chi connectivity index (χ0v) is 19.4. The number of hydrogen-bond donors (Lipinski definition) is 0. The zero-order chi connectivity index (χ0) is 24.4. The van der Waals surface area contributed by atoms with Crippen LogP contribution in [0.4, 0.5) is 10.8 Å². The van der Waals surface area contributed by atoms with E-state index in [9.17, 15) is 19.7 Å². The number of aromatic nitrogens is 1. The molecule has 0 unspecified atom stereocenters. The number of carbonyl (C=O) groups is 2. The van der Waals surface area contributed by atoms with E-state index in [-0.39, 0.29) is 30.4 Å². The van der Waals surface area contributed by atoms with Crippen LogP contribution < -0.4 is 14.4 Å². The van der Waals surface area contributed by atoms with Crippen molar-refractivity contribution in [1.82, 2.24) is 4.98 Å².